The van der Waals surface area contributed by atoms with Crippen LogP contribution in [-0.4, -0.2) is 18.9 Å². The van der Waals surface area contributed by atoms with Crippen molar-refractivity contribution in [2.75, 3.05) is 4.90 Å². The number of hydrogen-bond acceptors (Lipinski definition) is 3. The molecule has 10 aromatic rings. The summed E-state index contributed by atoms with van der Waals surface area (Å²) in [6.07, 6.45) is 4.09. The van der Waals surface area contributed by atoms with Gasteiger partial charge in [0.2, 0.25) is 0 Å². The van der Waals surface area contributed by atoms with Gasteiger partial charge in [-0.25, -0.2) is 9.37 Å². The fourth-order valence-corrected chi connectivity index (χ4v) is 8.76. The second-order valence-corrected chi connectivity index (χ2v) is 14.6. The van der Waals surface area contributed by atoms with Crippen molar-refractivity contribution in [3.63, 3.8) is 0 Å². The number of hydrogen-bond donors (Lipinski definition) is 0. The topological polar surface area (TPSA) is 38.4 Å². The maximum Gasteiger partial charge on any atom is 2.00 e. The summed E-state index contributed by atoms with van der Waals surface area (Å²) in [7, 11) is 0. The summed E-state index contributed by atoms with van der Waals surface area (Å²) >= 11 is 0. The van der Waals surface area contributed by atoms with Crippen molar-refractivity contribution in [2.45, 2.75) is 25.4 Å². The Labute approximate surface area is 331 Å². The molecule has 5 nitrogen and oxygen atoms in total. The van der Waals surface area contributed by atoms with Crippen molar-refractivity contribution in [1.29, 1.82) is 0 Å². The van der Waals surface area contributed by atoms with Crippen LogP contribution in [0, 0.1) is 12.1 Å². The molecule has 4 aromatic heterocycles. The fourth-order valence-electron chi connectivity index (χ4n) is 8.76. The van der Waals surface area contributed by atoms with Gasteiger partial charge in [-0.15, -0.1) is 29.8 Å². The molecule has 7 heteroatoms. The third kappa shape index (κ3) is 4.81. The first kappa shape index (κ1) is 33.5. The summed E-state index contributed by atoms with van der Waals surface area (Å²) in [4.78, 5) is 11.9. The number of rotatable bonds is 4. The minimum Gasteiger partial charge on any atom is -0.340 e. The van der Waals surface area contributed by atoms with E-state index >= 15 is 4.39 Å². The van der Waals surface area contributed by atoms with Gasteiger partial charge in [0.05, 0.1) is 22.4 Å². The summed E-state index contributed by atoms with van der Waals surface area (Å²) in [5.74, 6) is 0.814. The van der Waals surface area contributed by atoms with E-state index in [9.17, 15) is 0 Å². The third-order valence-electron chi connectivity index (χ3n) is 11.3. The van der Waals surface area contributed by atoms with E-state index in [0.29, 0.717) is 11.1 Å². The van der Waals surface area contributed by atoms with Crippen LogP contribution in [0.3, 0.4) is 0 Å². The maximum absolute atomic E-state index is 17.0. The summed E-state index contributed by atoms with van der Waals surface area (Å²) in [5.41, 5.74) is 9.61. The number of para-hydroxylation sites is 3. The Kier molecular flexibility index (Phi) is 7.59. The molecule has 266 valence electrons. The second kappa shape index (κ2) is 12.5. The number of fused-ring (bicyclic) bond motifs is 12. The first-order valence-electron chi connectivity index (χ1n) is 18.2. The van der Waals surface area contributed by atoms with Crippen LogP contribution in [0.25, 0.3) is 54.8 Å². The van der Waals surface area contributed by atoms with Gasteiger partial charge in [0.25, 0.3) is 0 Å². The molecule has 0 spiro atoms. The zero-order valence-electron chi connectivity index (χ0n) is 29.9. The van der Waals surface area contributed by atoms with Crippen LogP contribution in [0.2, 0.25) is 0 Å². The molecule has 0 bridgehead atoms. The van der Waals surface area contributed by atoms with E-state index in [1.807, 2.05) is 71.4 Å². The molecule has 1 unspecified atom stereocenters. The molecule has 55 heavy (non-hydrogen) atoms. The maximum atomic E-state index is 17.0. The molecule has 1 aliphatic rings. The third-order valence-corrected chi connectivity index (χ3v) is 11.3. The Morgan fingerprint density at radius 2 is 1.38 bits per heavy atom. The monoisotopic (exact) mass is 892 g/mol. The Morgan fingerprint density at radius 1 is 0.618 bits per heavy atom. The molecule has 11 rings (SSSR count). The summed E-state index contributed by atoms with van der Waals surface area (Å²) in [5, 5.41) is 5.11. The van der Waals surface area contributed by atoms with Crippen LogP contribution in [0.15, 0.2) is 152 Å². The van der Waals surface area contributed by atoms with Crippen molar-refractivity contribution in [3.05, 3.63) is 186 Å². The quantitative estimate of drug-likeness (QED) is 0.131. The number of halogens is 1. The van der Waals surface area contributed by atoms with Gasteiger partial charge >= 0.3 is 21.1 Å². The molecule has 1 atom stereocenters. The first-order chi connectivity index (χ1) is 26.5. The van der Waals surface area contributed by atoms with Gasteiger partial charge in [-0.2, -0.15) is 18.2 Å². The van der Waals surface area contributed by atoms with Crippen molar-refractivity contribution in [2.24, 2.45) is 0 Å². The molecule has 1 aliphatic heterocycles. The summed E-state index contributed by atoms with van der Waals surface area (Å²) < 4.78 is 21.4. The molecule has 6 aromatic carbocycles. The van der Waals surface area contributed by atoms with Crippen molar-refractivity contribution in [3.8, 4) is 5.69 Å². The second-order valence-electron chi connectivity index (χ2n) is 14.6. The van der Waals surface area contributed by atoms with Gasteiger partial charge in [-0.3, -0.25) is 4.98 Å². The zero-order valence-corrected chi connectivity index (χ0v) is 32.2. The SMILES string of the molecule is CC1(C)c2cccnc2N(c2[c-]c(C(F)c3[c-]c4c(cc3)c3ccccc3n3ccnc43)ccc2)c2c1ccc1c2c2ccccc2n1-c1ccccc1.[Pt+2]. The van der Waals surface area contributed by atoms with E-state index in [0.717, 1.165) is 77.6 Å². The molecule has 0 aliphatic carbocycles. The summed E-state index contributed by atoms with van der Waals surface area (Å²) in [6.45, 7) is 4.53. The number of pyridine rings is 2. The number of imidazole rings is 1. The van der Waals surface area contributed by atoms with E-state index in [4.69, 9.17) is 4.98 Å². The van der Waals surface area contributed by atoms with Crippen LogP contribution in [-0.2, 0) is 26.5 Å². The standard InChI is InChI=1S/C48H32FN5.Pt/c1-48(2)38-23-24-42-43(36-17-7-9-20-41(36)53(42)32-13-4-3-5-14-32)45(38)54(47-39(48)18-11-25-50-47)33-15-10-12-30(28-33)44(49)31-21-22-34-35-16-6-8-19-40(35)52-27-26-51-46(52)37(34)29-31;/h3-27,44H,1-2H3;/q-2;+2. The van der Waals surface area contributed by atoms with Gasteiger partial charge < -0.3 is 13.9 Å². The smallest absolute Gasteiger partial charge is 0.340 e. The largest absolute Gasteiger partial charge is 2.00 e. The average molecular weight is 893 g/mol. The van der Waals surface area contributed by atoms with Crippen LogP contribution in [0.1, 0.15) is 42.3 Å². The van der Waals surface area contributed by atoms with E-state index in [-0.39, 0.29) is 26.5 Å². The Hall–Kier alpha value is -6.10. The number of nitrogens with zero attached hydrogens (tertiary/aromatic N) is 5. The van der Waals surface area contributed by atoms with Gasteiger partial charge in [-0.05, 0) is 47.3 Å². The van der Waals surface area contributed by atoms with Crippen LogP contribution < -0.4 is 4.90 Å². The predicted octanol–water partition coefficient (Wildman–Crippen LogP) is 11.9. The first-order valence-corrected chi connectivity index (χ1v) is 18.2. The molecular weight excluding hydrogens is 861 g/mol. The minimum atomic E-state index is -1.48. The molecular formula is C48H32FN5Pt. The minimum absolute atomic E-state index is 0. The Balaban J connectivity index is 0.00000372. The van der Waals surface area contributed by atoms with Gasteiger partial charge in [0, 0.05) is 51.5 Å². The van der Waals surface area contributed by atoms with Crippen LogP contribution in [0.5, 0.6) is 0 Å². The predicted molar refractivity (Wildman–Crippen MR) is 216 cm³/mol. The van der Waals surface area contributed by atoms with Gasteiger partial charge in [-0.1, -0.05) is 103 Å². The molecule has 5 heterocycles. The number of anilines is 3. The Bertz CT molecular complexity index is 3130. The Morgan fingerprint density at radius 3 is 2.24 bits per heavy atom. The van der Waals surface area contributed by atoms with E-state index in [1.54, 1.807) is 6.20 Å². The zero-order chi connectivity index (χ0) is 36.1. The van der Waals surface area contributed by atoms with Crippen LogP contribution >= 0.6 is 0 Å². The van der Waals surface area contributed by atoms with Gasteiger partial charge in [0.15, 0.2) is 0 Å². The molecule has 0 fully saturated rings. The van der Waals surface area contributed by atoms with E-state index in [2.05, 4.69) is 119 Å². The van der Waals surface area contributed by atoms with Gasteiger partial charge in [0.1, 0.15) is 12.0 Å². The fraction of sp³-hybridized carbons (Fsp3) is 0.0833. The van der Waals surface area contributed by atoms with Crippen molar-refractivity contribution >= 4 is 66.3 Å². The molecule has 0 saturated carbocycles. The molecule has 0 saturated heterocycles. The number of benzene rings is 6. The number of alkyl halides is 1. The van der Waals surface area contributed by atoms with Crippen molar-refractivity contribution < 1.29 is 25.5 Å². The van der Waals surface area contributed by atoms with Crippen molar-refractivity contribution in [1.82, 2.24) is 18.9 Å². The summed E-state index contributed by atoms with van der Waals surface area (Å²) in [6, 6.07) is 52.5. The average Bonchev–Trinajstić information content (AvgIpc) is 3.85. The normalized spacial score (nSPS) is 14.0. The number of aromatic nitrogens is 4. The molecule has 0 amide bonds. The van der Waals surface area contributed by atoms with E-state index < -0.39 is 6.17 Å². The molecule has 0 radical (unpaired) electrons. The van der Waals surface area contributed by atoms with E-state index in [1.165, 1.54) is 5.56 Å². The van der Waals surface area contributed by atoms with Crippen LogP contribution in [0.4, 0.5) is 21.6 Å². The molecule has 0 N–H and O–H groups in total.